The molecule has 0 aliphatic heterocycles. The van der Waals surface area contributed by atoms with E-state index in [9.17, 15) is 14.7 Å². The van der Waals surface area contributed by atoms with Crippen LogP contribution in [0.2, 0.25) is 0 Å². The minimum Gasteiger partial charge on any atom is -0.481 e. The molecule has 21 heavy (non-hydrogen) atoms. The van der Waals surface area contributed by atoms with E-state index in [1.165, 1.54) is 0 Å². The van der Waals surface area contributed by atoms with E-state index in [-0.39, 0.29) is 5.91 Å². The molecule has 2 unspecified atom stereocenters. The van der Waals surface area contributed by atoms with Crippen molar-refractivity contribution in [3.63, 3.8) is 0 Å². The zero-order chi connectivity index (χ0) is 15.8. The maximum absolute atomic E-state index is 12.2. The summed E-state index contributed by atoms with van der Waals surface area (Å²) in [5.74, 6) is -1.31. The lowest BCUT2D eigenvalue weighted by molar-refractivity contribution is -0.142. The highest BCUT2D eigenvalue weighted by Crippen LogP contribution is 2.23. The molecule has 0 aromatic heterocycles. The van der Waals surface area contributed by atoms with Gasteiger partial charge in [0.2, 0.25) is 5.91 Å². The van der Waals surface area contributed by atoms with Gasteiger partial charge in [-0.05, 0) is 18.4 Å². The number of amides is 1. The molecule has 0 aliphatic rings. The van der Waals surface area contributed by atoms with Crippen molar-refractivity contribution in [2.24, 2.45) is 11.8 Å². The molecular formula is C17H25NO3. The molecule has 116 valence electrons. The number of carboxylic acid groups (broad SMARTS) is 1. The first kappa shape index (κ1) is 17.2. The van der Waals surface area contributed by atoms with Crippen LogP contribution in [0.15, 0.2) is 30.3 Å². The fourth-order valence-electron chi connectivity index (χ4n) is 2.37. The van der Waals surface area contributed by atoms with Crippen LogP contribution in [-0.2, 0) is 9.59 Å². The van der Waals surface area contributed by atoms with Crippen LogP contribution in [0.1, 0.15) is 51.6 Å². The highest BCUT2D eigenvalue weighted by Gasteiger charge is 2.27. The molecule has 0 heterocycles. The van der Waals surface area contributed by atoms with Crippen LogP contribution in [0.25, 0.3) is 0 Å². The lowest BCUT2D eigenvalue weighted by Gasteiger charge is -2.24. The SMILES string of the molecule is CCC(CC)CC(=O)NC(c1ccccc1)C(C)C(=O)O. The number of hydrogen-bond acceptors (Lipinski definition) is 2. The van der Waals surface area contributed by atoms with E-state index in [1.807, 2.05) is 30.3 Å². The third-order valence-electron chi connectivity index (χ3n) is 3.99. The summed E-state index contributed by atoms with van der Waals surface area (Å²) in [6.45, 7) is 5.75. The molecule has 2 N–H and O–H groups in total. The summed E-state index contributed by atoms with van der Waals surface area (Å²) in [5, 5.41) is 12.1. The number of carbonyl (C=O) groups excluding carboxylic acids is 1. The first-order valence-electron chi connectivity index (χ1n) is 7.56. The Hall–Kier alpha value is -1.84. The highest BCUT2D eigenvalue weighted by atomic mass is 16.4. The smallest absolute Gasteiger partial charge is 0.308 e. The van der Waals surface area contributed by atoms with Gasteiger partial charge in [-0.15, -0.1) is 0 Å². The molecule has 0 aliphatic carbocycles. The third-order valence-corrected chi connectivity index (χ3v) is 3.99. The Bertz CT molecular complexity index is 454. The van der Waals surface area contributed by atoms with Gasteiger partial charge in [0.05, 0.1) is 12.0 Å². The van der Waals surface area contributed by atoms with Crippen molar-refractivity contribution in [1.82, 2.24) is 5.32 Å². The van der Waals surface area contributed by atoms with E-state index >= 15 is 0 Å². The Labute approximate surface area is 126 Å². The second kappa shape index (κ2) is 8.45. The fraction of sp³-hybridized carbons (Fsp3) is 0.529. The molecular weight excluding hydrogens is 266 g/mol. The van der Waals surface area contributed by atoms with Gasteiger partial charge in [-0.1, -0.05) is 57.0 Å². The van der Waals surface area contributed by atoms with Crippen molar-refractivity contribution >= 4 is 11.9 Å². The Morgan fingerprint density at radius 1 is 1.14 bits per heavy atom. The average molecular weight is 291 g/mol. The maximum Gasteiger partial charge on any atom is 0.308 e. The lowest BCUT2D eigenvalue weighted by atomic mass is 9.93. The number of hydrogen-bond donors (Lipinski definition) is 2. The van der Waals surface area contributed by atoms with Crippen LogP contribution in [0.3, 0.4) is 0 Å². The Morgan fingerprint density at radius 2 is 1.71 bits per heavy atom. The summed E-state index contributed by atoms with van der Waals surface area (Å²) in [6.07, 6.45) is 2.35. The molecule has 0 saturated heterocycles. The molecule has 0 saturated carbocycles. The molecule has 0 radical (unpaired) electrons. The number of carbonyl (C=O) groups is 2. The van der Waals surface area contributed by atoms with Crippen molar-refractivity contribution in [3.8, 4) is 0 Å². The summed E-state index contributed by atoms with van der Waals surface area (Å²) < 4.78 is 0. The largest absolute Gasteiger partial charge is 0.481 e. The van der Waals surface area contributed by atoms with E-state index in [0.717, 1.165) is 18.4 Å². The Balaban J connectivity index is 2.83. The van der Waals surface area contributed by atoms with Gasteiger partial charge >= 0.3 is 5.97 Å². The topological polar surface area (TPSA) is 66.4 Å². The van der Waals surface area contributed by atoms with Crippen molar-refractivity contribution in [2.75, 3.05) is 0 Å². The van der Waals surface area contributed by atoms with Gasteiger partial charge in [-0.3, -0.25) is 9.59 Å². The number of carboxylic acids is 1. The lowest BCUT2D eigenvalue weighted by Crippen LogP contribution is -2.36. The van der Waals surface area contributed by atoms with Gasteiger partial charge in [-0.25, -0.2) is 0 Å². The molecule has 0 spiro atoms. The van der Waals surface area contributed by atoms with Crippen LogP contribution >= 0.6 is 0 Å². The van der Waals surface area contributed by atoms with E-state index in [2.05, 4.69) is 19.2 Å². The summed E-state index contributed by atoms with van der Waals surface area (Å²) >= 11 is 0. The molecule has 4 nitrogen and oxygen atoms in total. The fourth-order valence-corrected chi connectivity index (χ4v) is 2.37. The monoisotopic (exact) mass is 291 g/mol. The quantitative estimate of drug-likeness (QED) is 0.771. The van der Waals surface area contributed by atoms with Gasteiger partial charge in [0.25, 0.3) is 0 Å². The van der Waals surface area contributed by atoms with Crippen molar-refractivity contribution in [2.45, 2.75) is 46.1 Å². The standard InChI is InChI=1S/C17H25NO3/c1-4-13(5-2)11-15(19)18-16(12(3)17(20)21)14-9-7-6-8-10-14/h6-10,12-13,16H,4-5,11H2,1-3H3,(H,18,19)(H,20,21). The predicted octanol–water partition coefficient (Wildman–Crippen LogP) is 3.39. The first-order chi connectivity index (χ1) is 9.99. The van der Waals surface area contributed by atoms with Gasteiger partial charge in [-0.2, -0.15) is 0 Å². The second-order valence-electron chi connectivity index (χ2n) is 5.47. The summed E-state index contributed by atoms with van der Waals surface area (Å²) in [6, 6.07) is 8.78. The van der Waals surface area contributed by atoms with Crippen molar-refractivity contribution < 1.29 is 14.7 Å². The molecule has 1 aromatic rings. The molecule has 1 aromatic carbocycles. The van der Waals surface area contributed by atoms with Crippen LogP contribution in [0.5, 0.6) is 0 Å². The van der Waals surface area contributed by atoms with Gasteiger partial charge < -0.3 is 10.4 Å². The summed E-state index contributed by atoms with van der Waals surface area (Å²) in [7, 11) is 0. The second-order valence-corrected chi connectivity index (χ2v) is 5.47. The van der Waals surface area contributed by atoms with Gasteiger partial charge in [0.15, 0.2) is 0 Å². The predicted molar refractivity (Wildman–Crippen MR) is 82.8 cm³/mol. The number of benzene rings is 1. The van der Waals surface area contributed by atoms with Gasteiger partial charge in [0.1, 0.15) is 0 Å². The van der Waals surface area contributed by atoms with Crippen molar-refractivity contribution in [1.29, 1.82) is 0 Å². The minimum absolute atomic E-state index is 0.0781. The Morgan fingerprint density at radius 3 is 2.19 bits per heavy atom. The molecule has 1 amide bonds. The number of nitrogens with one attached hydrogen (secondary N) is 1. The van der Waals surface area contributed by atoms with Crippen molar-refractivity contribution in [3.05, 3.63) is 35.9 Å². The molecule has 0 bridgehead atoms. The molecule has 1 rings (SSSR count). The van der Waals surface area contributed by atoms with Crippen LogP contribution in [0.4, 0.5) is 0 Å². The maximum atomic E-state index is 12.2. The van der Waals surface area contributed by atoms with Crippen LogP contribution in [-0.4, -0.2) is 17.0 Å². The normalized spacial score (nSPS) is 13.7. The zero-order valence-electron chi connectivity index (χ0n) is 13.0. The summed E-state index contributed by atoms with van der Waals surface area (Å²) in [4.78, 5) is 23.5. The van der Waals surface area contributed by atoms with Crippen LogP contribution < -0.4 is 5.32 Å². The number of aliphatic carboxylic acids is 1. The molecule has 2 atom stereocenters. The first-order valence-corrected chi connectivity index (χ1v) is 7.56. The van der Waals surface area contributed by atoms with Gasteiger partial charge in [0, 0.05) is 6.42 Å². The third kappa shape index (κ3) is 5.21. The Kier molecular flexibility index (Phi) is 6.92. The van der Waals surface area contributed by atoms with E-state index in [4.69, 9.17) is 0 Å². The van der Waals surface area contributed by atoms with E-state index in [1.54, 1.807) is 6.92 Å². The van der Waals surface area contributed by atoms with E-state index < -0.39 is 17.9 Å². The highest BCUT2D eigenvalue weighted by molar-refractivity contribution is 5.78. The van der Waals surface area contributed by atoms with E-state index in [0.29, 0.717) is 12.3 Å². The zero-order valence-corrected chi connectivity index (χ0v) is 13.0. The average Bonchev–Trinajstić information content (AvgIpc) is 2.50. The van der Waals surface area contributed by atoms with Crippen LogP contribution in [0, 0.1) is 11.8 Å². The summed E-state index contributed by atoms with van der Waals surface area (Å²) in [5.41, 5.74) is 0.824. The minimum atomic E-state index is -0.910. The molecule has 4 heteroatoms. The number of rotatable bonds is 8. The molecule has 0 fully saturated rings.